The Morgan fingerprint density at radius 3 is 2.38 bits per heavy atom. The first kappa shape index (κ1) is 11.8. The van der Waals surface area contributed by atoms with Crippen LogP contribution in [0.15, 0.2) is 17.7 Å². The van der Waals surface area contributed by atoms with Gasteiger partial charge in [-0.05, 0) is 18.2 Å². The third kappa shape index (κ3) is 2.20. The van der Waals surface area contributed by atoms with E-state index in [1.54, 1.807) is 0 Å². The average molecular weight is 227 g/mol. The summed E-state index contributed by atoms with van der Waals surface area (Å²) in [5, 5.41) is 16.8. The Labute approximate surface area is 88.0 Å². The molecule has 6 heteroatoms. The largest absolute Gasteiger partial charge is 0.477 e. The molecule has 0 fully saturated rings. The van der Waals surface area contributed by atoms with E-state index in [1.165, 1.54) is 6.07 Å². The second-order valence-electron chi connectivity index (χ2n) is 2.73. The standard InChI is InChI=1S/C10H4F3NO2/c11-7-1-2-8(12)9(13)6(7)3-5(4-14)10(15)16/h1-3H,(H,15,16)/b5-3+. The number of carboxylic acid groups (broad SMARTS) is 1. The maximum absolute atomic E-state index is 13.1. The molecule has 1 N–H and O–H groups in total. The molecule has 0 aromatic heterocycles. The number of nitriles is 1. The second kappa shape index (κ2) is 4.49. The molecule has 0 heterocycles. The fourth-order valence-electron chi connectivity index (χ4n) is 0.961. The molecule has 0 atom stereocenters. The molecule has 0 aliphatic carbocycles. The van der Waals surface area contributed by atoms with Crippen molar-refractivity contribution in [3.63, 3.8) is 0 Å². The van der Waals surface area contributed by atoms with Crippen molar-refractivity contribution >= 4 is 12.0 Å². The van der Waals surface area contributed by atoms with Gasteiger partial charge in [-0.1, -0.05) is 0 Å². The van der Waals surface area contributed by atoms with Crippen molar-refractivity contribution in [1.82, 2.24) is 0 Å². The summed E-state index contributed by atoms with van der Waals surface area (Å²) >= 11 is 0. The minimum atomic E-state index is -1.65. The molecule has 0 spiro atoms. The Morgan fingerprint density at radius 1 is 1.31 bits per heavy atom. The molecular weight excluding hydrogens is 223 g/mol. The Hall–Kier alpha value is -2.29. The maximum Gasteiger partial charge on any atom is 0.346 e. The van der Waals surface area contributed by atoms with Crippen LogP contribution in [0.5, 0.6) is 0 Å². The summed E-state index contributed by atoms with van der Waals surface area (Å²) < 4.78 is 38.8. The van der Waals surface area contributed by atoms with Gasteiger partial charge in [0.25, 0.3) is 0 Å². The third-order valence-corrected chi connectivity index (χ3v) is 1.72. The van der Waals surface area contributed by atoms with Gasteiger partial charge in [-0.3, -0.25) is 0 Å². The fourth-order valence-corrected chi connectivity index (χ4v) is 0.961. The number of carboxylic acids is 1. The van der Waals surface area contributed by atoms with Crippen LogP contribution < -0.4 is 0 Å². The molecule has 0 unspecified atom stereocenters. The van der Waals surface area contributed by atoms with Crippen LogP contribution in [0.25, 0.3) is 6.08 Å². The van der Waals surface area contributed by atoms with Crippen molar-refractivity contribution in [3.8, 4) is 6.07 Å². The quantitative estimate of drug-likeness (QED) is 0.478. The van der Waals surface area contributed by atoms with E-state index in [9.17, 15) is 18.0 Å². The molecule has 1 rings (SSSR count). The molecule has 0 bridgehead atoms. The minimum absolute atomic E-state index is 0.441. The summed E-state index contributed by atoms with van der Waals surface area (Å²) in [6.45, 7) is 0. The monoisotopic (exact) mass is 227 g/mol. The first-order valence-corrected chi connectivity index (χ1v) is 3.96. The van der Waals surface area contributed by atoms with E-state index >= 15 is 0 Å². The predicted molar refractivity (Wildman–Crippen MR) is 47.5 cm³/mol. The lowest BCUT2D eigenvalue weighted by molar-refractivity contribution is -0.132. The van der Waals surface area contributed by atoms with Crippen LogP contribution in [0.2, 0.25) is 0 Å². The van der Waals surface area contributed by atoms with Gasteiger partial charge in [-0.2, -0.15) is 5.26 Å². The highest BCUT2D eigenvalue weighted by Gasteiger charge is 2.15. The maximum atomic E-state index is 13.1. The zero-order valence-electron chi connectivity index (χ0n) is 7.67. The molecule has 82 valence electrons. The van der Waals surface area contributed by atoms with E-state index in [0.29, 0.717) is 18.2 Å². The summed E-state index contributed by atoms with van der Waals surface area (Å²) in [5.41, 5.74) is -1.78. The molecule has 0 radical (unpaired) electrons. The summed E-state index contributed by atoms with van der Waals surface area (Å²) in [7, 11) is 0. The highest BCUT2D eigenvalue weighted by Crippen LogP contribution is 2.18. The highest BCUT2D eigenvalue weighted by atomic mass is 19.2. The van der Waals surface area contributed by atoms with Crippen LogP contribution in [-0.4, -0.2) is 11.1 Å². The van der Waals surface area contributed by atoms with E-state index in [2.05, 4.69) is 0 Å². The number of nitrogens with zero attached hydrogens (tertiary/aromatic N) is 1. The molecule has 0 amide bonds. The van der Waals surface area contributed by atoms with Gasteiger partial charge in [-0.15, -0.1) is 0 Å². The molecule has 1 aromatic carbocycles. The molecule has 0 saturated heterocycles. The van der Waals surface area contributed by atoms with Crippen LogP contribution >= 0.6 is 0 Å². The normalized spacial score (nSPS) is 11.0. The van der Waals surface area contributed by atoms with Gasteiger partial charge >= 0.3 is 5.97 Å². The van der Waals surface area contributed by atoms with Crippen molar-refractivity contribution in [2.75, 3.05) is 0 Å². The summed E-state index contributed by atoms with van der Waals surface area (Å²) in [4.78, 5) is 10.4. The van der Waals surface area contributed by atoms with Gasteiger partial charge in [0, 0.05) is 0 Å². The topological polar surface area (TPSA) is 61.1 Å². The van der Waals surface area contributed by atoms with Crippen LogP contribution in [0.4, 0.5) is 13.2 Å². The lowest BCUT2D eigenvalue weighted by Gasteiger charge is -2.00. The van der Waals surface area contributed by atoms with Crippen LogP contribution in [-0.2, 0) is 4.79 Å². The number of aliphatic carboxylic acids is 1. The third-order valence-electron chi connectivity index (χ3n) is 1.72. The molecule has 3 nitrogen and oxygen atoms in total. The van der Waals surface area contributed by atoms with Crippen LogP contribution in [0.1, 0.15) is 5.56 Å². The summed E-state index contributed by atoms with van der Waals surface area (Å²) in [5.74, 6) is -5.65. The second-order valence-corrected chi connectivity index (χ2v) is 2.73. The Bertz CT molecular complexity index is 518. The van der Waals surface area contributed by atoms with Gasteiger partial charge in [0.1, 0.15) is 17.5 Å². The molecule has 16 heavy (non-hydrogen) atoms. The van der Waals surface area contributed by atoms with Crippen molar-refractivity contribution in [1.29, 1.82) is 5.26 Å². The van der Waals surface area contributed by atoms with E-state index in [1.807, 2.05) is 0 Å². The van der Waals surface area contributed by atoms with Gasteiger partial charge in [-0.25, -0.2) is 18.0 Å². The Kier molecular flexibility index (Phi) is 3.30. The molecule has 1 aromatic rings. The van der Waals surface area contributed by atoms with Gasteiger partial charge in [0.2, 0.25) is 0 Å². The van der Waals surface area contributed by atoms with E-state index in [0.717, 1.165) is 0 Å². The Balaban J connectivity index is 3.41. The van der Waals surface area contributed by atoms with Crippen molar-refractivity contribution in [3.05, 3.63) is 40.7 Å². The van der Waals surface area contributed by atoms with Crippen LogP contribution in [0.3, 0.4) is 0 Å². The zero-order chi connectivity index (χ0) is 12.3. The summed E-state index contributed by atoms with van der Waals surface area (Å²) in [6.07, 6.45) is 0.441. The molecule has 0 aliphatic rings. The SMILES string of the molecule is N#C/C(=C\c1c(F)ccc(F)c1F)C(=O)O. The minimum Gasteiger partial charge on any atom is -0.477 e. The fraction of sp³-hybridized carbons (Fsp3) is 0. The van der Waals surface area contributed by atoms with E-state index in [4.69, 9.17) is 10.4 Å². The van der Waals surface area contributed by atoms with Crippen molar-refractivity contribution in [2.45, 2.75) is 0 Å². The summed E-state index contributed by atoms with van der Waals surface area (Å²) in [6, 6.07) is 2.43. The van der Waals surface area contributed by atoms with E-state index < -0.39 is 34.6 Å². The van der Waals surface area contributed by atoms with Crippen LogP contribution in [0, 0.1) is 28.8 Å². The highest BCUT2D eigenvalue weighted by molar-refractivity contribution is 5.96. The number of hydrogen-bond donors (Lipinski definition) is 1. The van der Waals surface area contributed by atoms with Crippen molar-refractivity contribution in [2.24, 2.45) is 0 Å². The average Bonchev–Trinajstić information content (AvgIpc) is 2.23. The van der Waals surface area contributed by atoms with Gasteiger partial charge in [0.05, 0.1) is 5.56 Å². The number of rotatable bonds is 2. The smallest absolute Gasteiger partial charge is 0.346 e. The van der Waals surface area contributed by atoms with Crippen molar-refractivity contribution < 1.29 is 23.1 Å². The number of carbonyl (C=O) groups is 1. The zero-order valence-corrected chi connectivity index (χ0v) is 7.67. The first-order valence-electron chi connectivity index (χ1n) is 3.96. The molecule has 0 aliphatic heterocycles. The van der Waals surface area contributed by atoms with Gasteiger partial charge < -0.3 is 5.11 Å². The molecule has 0 saturated carbocycles. The lowest BCUT2D eigenvalue weighted by atomic mass is 10.1. The molecular formula is C10H4F3NO2. The van der Waals surface area contributed by atoms with Gasteiger partial charge in [0.15, 0.2) is 11.6 Å². The lowest BCUT2D eigenvalue weighted by Crippen LogP contribution is -2.00. The van der Waals surface area contributed by atoms with E-state index in [-0.39, 0.29) is 0 Å². The Morgan fingerprint density at radius 2 is 1.88 bits per heavy atom. The number of hydrogen-bond acceptors (Lipinski definition) is 2. The predicted octanol–water partition coefficient (Wildman–Crippen LogP) is 2.10. The first-order chi connectivity index (χ1) is 7.47. The number of benzene rings is 1. The number of halogens is 3.